The van der Waals surface area contributed by atoms with Gasteiger partial charge in [-0.3, -0.25) is 14.4 Å². The number of rotatable bonds is 2. The van der Waals surface area contributed by atoms with Gasteiger partial charge in [-0.25, -0.2) is 0 Å². The first-order chi connectivity index (χ1) is 10.0. The van der Waals surface area contributed by atoms with E-state index in [0.29, 0.717) is 30.0 Å². The van der Waals surface area contributed by atoms with Crippen LogP contribution in [0.4, 0.5) is 11.4 Å². The SMILES string of the molecule is CN1C(=O)COc2ccc(NC(=O)C3CCC(=O)N3)cc21. The summed E-state index contributed by atoms with van der Waals surface area (Å²) in [5.41, 5.74) is 1.17. The zero-order valence-corrected chi connectivity index (χ0v) is 11.5. The van der Waals surface area contributed by atoms with Crippen molar-refractivity contribution in [2.75, 3.05) is 23.9 Å². The van der Waals surface area contributed by atoms with Crippen LogP contribution < -0.4 is 20.3 Å². The lowest BCUT2D eigenvalue weighted by Gasteiger charge is -2.26. The molecule has 0 aromatic heterocycles. The van der Waals surface area contributed by atoms with Crippen LogP contribution in [0.2, 0.25) is 0 Å². The molecule has 1 atom stereocenters. The van der Waals surface area contributed by atoms with Crippen LogP contribution in [0.1, 0.15) is 12.8 Å². The van der Waals surface area contributed by atoms with Gasteiger partial charge in [0.25, 0.3) is 5.91 Å². The van der Waals surface area contributed by atoms with Crippen LogP contribution >= 0.6 is 0 Å². The Hall–Kier alpha value is -2.57. The maximum absolute atomic E-state index is 12.0. The molecule has 3 rings (SSSR count). The molecule has 0 bridgehead atoms. The fourth-order valence-electron chi connectivity index (χ4n) is 2.39. The van der Waals surface area contributed by atoms with Gasteiger partial charge < -0.3 is 20.3 Å². The number of hydrogen-bond donors (Lipinski definition) is 2. The van der Waals surface area contributed by atoms with Gasteiger partial charge in [-0.05, 0) is 24.6 Å². The summed E-state index contributed by atoms with van der Waals surface area (Å²) in [6.45, 7) is 0.0172. The highest BCUT2D eigenvalue weighted by molar-refractivity contribution is 6.01. The van der Waals surface area contributed by atoms with Gasteiger partial charge in [0.15, 0.2) is 6.61 Å². The first-order valence-corrected chi connectivity index (χ1v) is 6.68. The summed E-state index contributed by atoms with van der Waals surface area (Å²) in [7, 11) is 1.66. The molecule has 0 aliphatic carbocycles. The number of anilines is 2. The molecule has 3 amide bonds. The molecule has 2 heterocycles. The Kier molecular flexibility index (Phi) is 3.25. The summed E-state index contributed by atoms with van der Waals surface area (Å²) in [4.78, 5) is 36.3. The smallest absolute Gasteiger partial charge is 0.264 e. The lowest BCUT2D eigenvalue weighted by molar-refractivity contribution is -0.122. The summed E-state index contributed by atoms with van der Waals surface area (Å²) in [6, 6.07) is 4.60. The number of fused-ring (bicyclic) bond motifs is 1. The fourth-order valence-corrected chi connectivity index (χ4v) is 2.39. The summed E-state index contributed by atoms with van der Waals surface area (Å²) < 4.78 is 5.32. The molecule has 0 spiro atoms. The minimum atomic E-state index is -0.496. The van der Waals surface area contributed by atoms with E-state index < -0.39 is 6.04 Å². The van der Waals surface area contributed by atoms with Crippen LogP contribution in [0.15, 0.2) is 18.2 Å². The lowest BCUT2D eigenvalue weighted by atomic mass is 10.2. The average molecular weight is 289 g/mol. The van der Waals surface area contributed by atoms with E-state index in [0.717, 1.165) is 0 Å². The normalized spacial score (nSPS) is 20.6. The predicted molar refractivity (Wildman–Crippen MR) is 75.1 cm³/mol. The second kappa shape index (κ2) is 5.08. The van der Waals surface area contributed by atoms with Crippen molar-refractivity contribution >= 4 is 29.1 Å². The predicted octanol–water partition coefficient (Wildman–Crippen LogP) is 0.259. The average Bonchev–Trinajstić information content (AvgIpc) is 2.90. The molecule has 0 saturated carbocycles. The van der Waals surface area contributed by atoms with Crippen LogP contribution in [0.25, 0.3) is 0 Å². The monoisotopic (exact) mass is 289 g/mol. The van der Waals surface area contributed by atoms with Crippen molar-refractivity contribution in [3.8, 4) is 5.75 Å². The van der Waals surface area contributed by atoms with E-state index >= 15 is 0 Å². The zero-order chi connectivity index (χ0) is 15.0. The van der Waals surface area contributed by atoms with E-state index in [4.69, 9.17) is 4.74 Å². The van der Waals surface area contributed by atoms with Crippen molar-refractivity contribution in [3.63, 3.8) is 0 Å². The molecule has 7 heteroatoms. The summed E-state index contributed by atoms with van der Waals surface area (Å²) >= 11 is 0. The third-order valence-electron chi connectivity index (χ3n) is 3.62. The largest absolute Gasteiger partial charge is 0.482 e. The maximum Gasteiger partial charge on any atom is 0.264 e. The standard InChI is InChI=1S/C14H15N3O4/c1-17-10-6-8(2-4-11(10)21-7-13(17)19)15-14(20)9-3-5-12(18)16-9/h2,4,6,9H,3,5,7H2,1H3,(H,15,20)(H,16,18). The van der Waals surface area contributed by atoms with Crippen molar-refractivity contribution < 1.29 is 19.1 Å². The molecule has 1 aromatic rings. The lowest BCUT2D eigenvalue weighted by Crippen LogP contribution is -2.37. The quantitative estimate of drug-likeness (QED) is 0.817. The highest BCUT2D eigenvalue weighted by Gasteiger charge is 2.28. The number of hydrogen-bond acceptors (Lipinski definition) is 4. The van der Waals surface area contributed by atoms with Crippen molar-refractivity contribution in [3.05, 3.63) is 18.2 Å². The summed E-state index contributed by atoms with van der Waals surface area (Å²) in [5, 5.41) is 5.35. The molecule has 1 fully saturated rings. The van der Waals surface area contributed by atoms with Gasteiger partial charge in [0, 0.05) is 19.2 Å². The molecule has 2 aliphatic rings. The Morgan fingerprint density at radius 1 is 1.43 bits per heavy atom. The Labute approximate surface area is 121 Å². The van der Waals surface area contributed by atoms with Crippen LogP contribution in [0, 0.1) is 0 Å². The molecule has 2 N–H and O–H groups in total. The minimum Gasteiger partial charge on any atom is -0.482 e. The molecule has 1 aromatic carbocycles. The Bertz CT molecular complexity index is 629. The van der Waals surface area contributed by atoms with Gasteiger partial charge in [0.2, 0.25) is 11.8 Å². The van der Waals surface area contributed by atoms with Crippen molar-refractivity contribution in [2.45, 2.75) is 18.9 Å². The third kappa shape index (κ3) is 2.54. The highest BCUT2D eigenvalue weighted by atomic mass is 16.5. The fraction of sp³-hybridized carbons (Fsp3) is 0.357. The number of carbonyl (C=O) groups is 3. The Morgan fingerprint density at radius 2 is 2.24 bits per heavy atom. The molecular formula is C14H15N3O4. The molecule has 2 aliphatic heterocycles. The zero-order valence-electron chi connectivity index (χ0n) is 11.5. The van der Waals surface area contributed by atoms with E-state index in [1.54, 1.807) is 25.2 Å². The van der Waals surface area contributed by atoms with Crippen LogP contribution in [-0.4, -0.2) is 37.4 Å². The van der Waals surface area contributed by atoms with E-state index in [1.807, 2.05) is 0 Å². The number of nitrogens with zero attached hydrogens (tertiary/aromatic N) is 1. The molecule has 1 saturated heterocycles. The Morgan fingerprint density at radius 3 is 2.95 bits per heavy atom. The van der Waals surface area contributed by atoms with Crippen molar-refractivity contribution in [2.24, 2.45) is 0 Å². The number of carbonyl (C=O) groups excluding carboxylic acids is 3. The highest BCUT2D eigenvalue weighted by Crippen LogP contribution is 2.33. The second-order valence-corrected chi connectivity index (χ2v) is 5.07. The minimum absolute atomic E-state index is 0.0172. The molecule has 110 valence electrons. The van der Waals surface area contributed by atoms with Crippen LogP contribution in [0.3, 0.4) is 0 Å². The van der Waals surface area contributed by atoms with E-state index in [2.05, 4.69) is 10.6 Å². The van der Waals surface area contributed by atoms with Crippen molar-refractivity contribution in [1.29, 1.82) is 0 Å². The summed E-state index contributed by atoms with van der Waals surface area (Å²) in [5.74, 6) is 0.0872. The van der Waals surface area contributed by atoms with E-state index in [-0.39, 0.29) is 24.3 Å². The van der Waals surface area contributed by atoms with Gasteiger partial charge in [0.05, 0.1) is 5.69 Å². The number of amides is 3. The van der Waals surface area contributed by atoms with Gasteiger partial charge in [-0.1, -0.05) is 0 Å². The van der Waals surface area contributed by atoms with Crippen molar-refractivity contribution in [1.82, 2.24) is 5.32 Å². The van der Waals surface area contributed by atoms with Gasteiger partial charge in [-0.15, -0.1) is 0 Å². The Balaban J connectivity index is 1.76. The van der Waals surface area contributed by atoms with Gasteiger partial charge in [-0.2, -0.15) is 0 Å². The number of ether oxygens (including phenoxy) is 1. The van der Waals surface area contributed by atoms with Gasteiger partial charge in [0.1, 0.15) is 11.8 Å². The number of likely N-dealkylation sites (N-methyl/N-ethyl adjacent to an activating group) is 1. The third-order valence-corrected chi connectivity index (χ3v) is 3.62. The molecule has 7 nitrogen and oxygen atoms in total. The second-order valence-electron chi connectivity index (χ2n) is 5.07. The molecule has 21 heavy (non-hydrogen) atoms. The number of nitrogens with one attached hydrogen (secondary N) is 2. The van der Waals surface area contributed by atoms with Crippen LogP contribution in [-0.2, 0) is 14.4 Å². The first kappa shape index (κ1) is 13.4. The van der Waals surface area contributed by atoms with E-state index in [1.165, 1.54) is 4.90 Å². The molecular weight excluding hydrogens is 274 g/mol. The van der Waals surface area contributed by atoms with Crippen LogP contribution in [0.5, 0.6) is 5.75 Å². The van der Waals surface area contributed by atoms with E-state index in [9.17, 15) is 14.4 Å². The molecule has 0 radical (unpaired) electrons. The van der Waals surface area contributed by atoms with Gasteiger partial charge >= 0.3 is 0 Å². The topological polar surface area (TPSA) is 87.7 Å². The molecule has 1 unspecified atom stereocenters. The number of benzene rings is 1. The maximum atomic E-state index is 12.0. The summed E-state index contributed by atoms with van der Waals surface area (Å²) in [6.07, 6.45) is 0.866. The first-order valence-electron chi connectivity index (χ1n) is 6.68.